The summed E-state index contributed by atoms with van der Waals surface area (Å²) in [6.07, 6.45) is 2.53. The van der Waals surface area contributed by atoms with Crippen LogP contribution in [0.25, 0.3) is 10.9 Å². The maximum atomic E-state index is 13.5. The van der Waals surface area contributed by atoms with E-state index in [1.54, 1.807) is 6.07 Å². The zero-order chi connectivity index (χ0) is 19.3. The van der Waals surface area contributed by atoms with Crippen LogP contribution in [0.2, 0.25) is 0 Å². The molecule has 2 fully saturated rings. The van der Waals surface area contributed by atoms with Crippen molar-refractivity contribution in [3.05, 3.63) is 60.5 Å². The molecule has 1 aromatic heterocycles. The van der Waals surface area contributed by atoms with Crippen molar-refractivity contribution in [3.63, 3.8) is 0 Å². The zero-order valence-corrected chi connectivity index (χ0v) is 17.2. The summed E-state index contributed by atoms with van der Waals surface area (Å²) in [4.78, 5) is 6.92. The molecule has 0 saturated carbocycles. The Bertz CT molecular complexity index is 1170. The van der Waals surface area contributed by atoms with E-state index in [9.17, 15) is 12.8 Å². The lowest BCUT2D eigenvalue weighted by Crippen LogP contribution is -2.34. The number of anilines is 1. The first kappa shape index (κ1) is 20.1. The van der Waals surface area contributed by atoms with E-state index >= 15 is 0 Å². The van der Waals surface area contributed by atoms with Gasteiger partial charge in [0.1, 0.15) is 5.82 Å². The third-order valence-electron chi connectivity index (χ3n) is 5.84. The maximum Gasteiger partial charge on any atom is 0.208 e. The van der Waals surface area contributed by atoms with Gasteiger partial charge < -0.3 is 10.2 Å². The number of fused-ring (bicyclic) bond motifs is 2. The molecule has 5 nitrogen and oxygen atoms in total. The lowest BCUT2D eigenvalue weighted by molar-refractivity contribution is 0.579. The summed E-state index contributed by atoms with van der Waals surface area (Å²) in [6.45, 7) is 3.00. The number of hydrogen-bond acceptors (Lipinski definition) is 5. The lowest BCUT2D eigenvalue weighted by Gasteiger charge is -2.26. The molecule has 0 aliphatic carbocycles. The molecule has 0 spiro atoms. The molecule has 1 N–H and O–H groups in total. The maximum absolute atomic E-state index is 13.5. The Balaban J connectivity index is 0.00000205. The number of benzene rings is 2. The monoisotopic (exact) mass is 433 g/mol. The van der Waals surface area contributed by atoms with Crippen molar-refractivity contribution in [1.82, 2.24) is 10.3 Å². The fourth-order valence-electron chi connectivity index (χ4n) is 4.42. The summed E-state index contributed by atoms with van der Waals surface area (Å²) in [6, 6.07) is 13.0. The van der Waals surface area contributed by atoms with Gasteiger partial charge >= 0.3 is 0 Å². The molecule has 2 saturated heterocycles. The smallest absolute Gasteiger partial charge is 0.208 e. The summed E-state index contributed by atoms with van der Waals surface area (Å²) >= 11 is 0. The molecular formula is C21H21ClFN3O2S. The van der Waals surface area contributed by atoms with Gasteiger partial charge in [-0.25, -0.2) is 12.8 Å². The molecular weight excluding hydrogens is 413 g/mol. The highest BCUT2D eigenvalue weighted by atomic mass is 35.5. The Morgan fingerprint density at radius 1 is 1.07 bits per heavy atom. The Morgan fingerprint density at radius 3 is 2.72 bits per heavy atom. The highest BCUT2D eigenvalue weighted by Crippen LogP contribution is 2.36. The Morgan fingerprint density at radius 2 is 1.90 bits per heavy atom. The van der Waals surface area contributed by atoms with E-state index in [0.717, 1.165) is 48.7 Å². The first-order valence-corrected chi connectivity index (χ1v) is 10.9. The van der Waals surface area contributed by atoms with Crippen LogP contribution in [0.4, 0.5) is 10.1 Å². The summed E-state index contributed by atoms with van der Waals surface area (Å²) in [5.74, 6) is 0.0776. The molecule has 8 heteroatoms. The highest BCUT2D eigenvalue weighted by molar-refractivity contribution is 7.91. The van der Waals surface area contributed by atoms with Gasteiger partial charge in [0.25, 0.3) is 0 Å². The molecule has 0 amide bonds. The largest absolute Gasteiger partial charge is 0.365 e. The summed E-state index contributed by atoms with van der Waals surface area (Å²) in [5.41, 5.74) is 1.84. The molecule has 0 unspecified atom stereocenters. The normalized spacial score (nSPS) is 21.2. The molecule has 3 aromatic rings. The first-order chi connectivity index (χ1) is 13.5. The predicted octanol–water partition coefficient (Wildman–Crippen LogP) is 3.43. The van der Waals surface area contributed by atoms with Crippen LogP contribution in [-0.4, -0.2) is 39.1 Å². The minimum absolute atomic E-state index is 0. The van der Waals surface area contributed by atoms with Crippen LogP contribution in [0.1, 0.15) is 6.42 Å². The minimum Gasteiger partial charge on any atom is -0.365 e. The Kier molecular flexibility index (Phi) is 5.23. The molecule has 29 heavy (non-hydrogen) atoms. The van der Waals surface area contributed by atoms with Crippen LogP contribution in [-0.2, 0) is 9.84 Å². The van der Waals surface area contributed by atoms with Gasteiger partial charge in [-0.1, -0.05) is 18.2 Å². The number of halogens is 2. The van der Waals surface area contributed by atoms with Gasteiger partial charge in [-0.15, -0.1) is 12.4 Å². The Labute approximate surface area is 175 Å². The number of para-hydroxylation sites is 1. The van der Waals surface area contributed by atoms with E-state index in [0.29, 0.717) is 12.0 Å². The molecule has 5 rings (SSSR count). The van der Waals surface area contributed by atoms with Crippen molar-refractivity contribution in [1.29, 1.82) is 0 Å². The SMILES string of the molecule is Cl.O=S(=O)(c1cccc(F)c1)c1cnc2c(N3CC[C@H]4CNC[C@H]43)cccc2c1. The van der Waals surface area contributed by atoms with Gasteiger partial charge in [0.2, 0.25) is 9.84 Å². The second kappa shape index (κ2) is 7.55. The van der Waals surface area contributed by atoms with Crippen LogP contribution in [0.5, 0.6) is 0 Å². The van der Waals surface area contributed by atoms with Crippen LogP contribution in [0, 0.1) is 11.7 Å². The fraction of sp³-hybridized carbons (Fsp3) is 0.286. The van der Waals surface area contributed by atoms with Crippen molar-refractivity contribution < 1.29 is 12.8 Å². The number of aromatic nitrogens is 1. The predicted molar refractivity (Wildman–Crippen MR) is 113 cm³/mol. The van der Waals surface area contributed by atoms with Crippen LogP contribution >= 0.6 is 12.4 Å². The van der Waals surface area contributed by atoms with Gasteiger partial charge in [-0.05, 0) is 42.7 Å². The molecule has 152 valence electrons. The number of rotatable bonds is 3. The molecule has 2 aliphatic rings. The van der Waals surface area contributed by atoms with E-state index in [4.69, 9.17) is 0 Å². The minimum atomic E-state index is -3.83. The second-order valence-electron chi connectivity index (χ2n) is 7.45. The number of hydrogen-bond donors (Lipinski definition) is 1. The third-order valence-corrected chi connectivity index (χ3v) is 7.55. The Hall–Kier alpha value is -2.22. The van der Waals surface area contributed by atoms with Crippen molar-refractivity contribution in [3.8, 4) is 0 Å². The van der Waals surface area contributed by atoms with Gasteiger partial charge in [0.15, 0.2) is 0 Å². The number of pyridine rings is 1. The summed E-state index contributed by atoms with van der Waals surface area (Å²) in [5, 5.41) is 4.22. The first-order valence-electron chi connectivity index (χ1n) is 9.41. The van der Waals surface area contributed by atoms with Crippen molar-refractivity contribution in [2.45, 2.75) is 22.3 Å². The van der Waals surface area contributed by atoms with Gasteiger partial charge in [0.05, 0.1) is 21.0 Å². The third kappa shape index (κ3) is 3.37. The lowest BCUT2D eigenvalue weighted by atomic mass is 10.0. The average molecular weight is 434 g/mol. The molecule has 2 aromatic carbocycles. The van der Waals surface area contributed by atoms with Gasteiger partial charge in [-0.3, -0.25) is 4.98 Å². The van der Waals surface area contributed by atoms with E-state index in [1.807, 2.05) is 12.1 Å². The number of nitrogens with zero attached hydrogens (tertiary/aromatic N) is 2. The van der Waals surface area contributed by atoms with Crippen LogP contribution in [0.3, 0.4) is 0 Å². The number of nitrogens with one attached hydrogen (secondary N) is 1. The molecule has 2 atom stereocenters. The van der Waals surface area contributed by atoms with E-state index in [2.05, 4.69) is 21.3 Å². The second-order valence-corrected chi connectivity index (χ2v) is 9.40. The standard InChI is InChI=1S/C21H20FN3O2S.ClH/c22-16-4-2-5-17(10-16)28(26,27)18-9-14-3-1-6-19(21(14)24-12-18)25-8-7-15-11-23-13-20(15)25;/h1-6,9-10,12,15,20,23H,7-8,11,13H2;1H/t15-,20+;/m0./s1. The van der Waals surface area contributed by atoms with Crippen LogP contribution < -0.4 is 10.2 Å². The van der Waals surface area contributed by atoms with E-state index in [1.165, 1.54) is 24.4 Å². The number of sulfone groups is 1. The van der Waals surface area contributed by atoms with Gasteiger partial charge in [-0.2, -0.15) is 0 Å². The van der Waals surface area contributed by atoms with Crippen molar-refractivity contribution in [2.75, 3.05) is 24.5 Å². The quantitative estimate of drug-likeness (QED) is 0.685. The molecule has 2 aliphatic heterocycles. The highest BCUT2D eigenvalue weighted by Gasteiger charge is 2.38. The fourth-order valence-corrected chi connectivity index (χ4v) is 5.69. The molecule has 0 bridgehead atoms. The van der Waals surface area contributed by atoms with Gasteiger partial charge in [0, 0.05) is 37.3 Å². The van der Waals surface area contributed by atoms with E-state index in [-0.39, 0.29) is 22.2 Å². The van der Waals surface area contributed by atoms with Crippen LogP contribution in [0.15, 0.2) is 64.5 Å². The zero-order valence-electron chi connectivity index (χ0n) is 15.6. The summed E-state index contributed by atoms with van der Waals surface area (Å²) < 4.78 is 39.3. The van der Waals surface area contributed by atoms with Crippen molar-refractivity contribution in [2.24, 2.45) is 5.92 Å². The topological polar surface area (TPSA) is 62.3 Å². The molecule has 3 heterocycles. The molecule has 0 radical (unpaired) electrons. The van der Waals surface area contributed by atoms with Crippen molar-refractivity contribution >= 4 is 38.8 Å². The van der Waals surface area contributed by atoms with E-state index < -0.39 is 15.7 Å². The summed E-state index contributed by atoms with van der Waals surface area (Å²) in [7, 11) is -3.83. The average Bonchev–Trinajstić information content (AvgIpc) is 3.31.